The van der Waals surface area contributed by atoms with Crippen LogP contribution in [0.4, 0.5) is 17.6 Å². The number of benzene rings is 2. The Morgan fingerprint density at radius 1 is 1.05 bits per heavy atom. The number of nitrogens with two attached hydrogens (primary N) is 1. The van der Waals surface area contributed by atoms with Gasteiger partial charge >= 0.3 is 6.36 Å². The molecule has 0 fully saturated rings. The zero-order chi connectivity index (χ0) is 15.6. The van der Waals surface area contributed by atoms with Gasteiger partial charge in [-0.3, -0.25) is 0 Å². The van der Waals surface area contributed by atoms with Crippen LogP contribution in [-0.2, 0) is 6.54 Å². The summed E-state index contributed by atoms with van der Waals surface area (Å²) >= 11 is 5.93. The van der Waals surface area contributed by atoms with Crippen molar-refractivity contribution >= 4 is 24.0 Å². The lowest BCUT2D eigenvalue weighted by Crippen LogP contribution is -2.17. The van der Waals surface area contributed by atoms with Gasteiger partial charge in [0, 0.05) is 22.7 Å². The van der Waals surface area contributed by atoms with E-state index in [1.54, 1.807) is 0 Å². The maximum absolute atomic E-state index is 13.3. The van der Waals surface area contributed by atoms with Crippen molar-refractivity contribution in [1.29, 1.82) is 0 Å². The van der Waals surface area contributed by atoms with Crippen LogP contribution in [0.15, 0.2) is 36.4 Å². The number of hydrogen-bond donors (Lipinski definition) is 1. The van der Waals surface area contributed by atoms with Gasteiger partial charge in [0.25, 0.3) is 0 Å². The van der Waals surface area contributed by atoms with Crippen molar-refractivity contribution in [2.45, 2.75) is 12.9 Å². The first-order chi connectivity index (χ1) is 9.80. The van der Waals surface area contributed by atoms with Crippen molar-refractivity contribution in [3.05, 3.63) is 52.8 Å². The fourth-order valence-electron chi connectivity index (χ4n) is 1.83. The highest BCUT2D eigenvalue weighted by Crippen LogP contribution is 2.38. The molecule has 0 spiro atoms. The summed E-state index contributed by atoms with van der Waals surface area (Å²) in [6, 6.07) is 7.34. The quantitative estimate of drug-likeness (QED) is 0.792. The Bertz CT molecular complexity index is 662. The van der Waals surface area contributed by atoms with E-state index in [0.29, 0.717) is 5.56 Å². The summed E-state index contributed by atoms with van der Waals surface area (Å²) in [7, 11) is 0. The normalized spacial score (nSPS) is 11.0. The van der Waals surface area contributed by atoms with Crippen LogP contribution in [0, 0.1) is 5.82 Å². The minimum atomic E-state index is -4.86. The minimum Gasteiger partial charge on any atom is -0.405 e. The molecule has 2 nitrogen and oxygen atoms in total. The largest absolute Gasteiger partial charge is 0.573 e. The van der Waals surface area contributed by atoms with Gasteiger partial charge in [-0.05, 0) is 35.9 Å². The van der Waals surface area contributed by atoms with E-state index in [2.05, 4.69) is 4.74 Å². The highest BCUT2D eigenvalue weighted by molar-refractivity contribution is 6.33. The first-order valence-electron chi connectivity index (χ1n) is 5.84. The van der Waals surface area contributed by atoms with Crippen LogP contribution in [0.25, 0.3) is 11.1 Å². The molecule has 0 aliphatic rings. The smallest absolute Gasteiger partial charge is 0.405 e. The van der Waals surface area contributed by atoms with Crippen molar-refractivity contribution in [3.8, 4) is 16.9 Å². The van der Waals surface area contributed by atoms with Crippen LogP contribution in [0.3, 0.4) is 0 Å². The van der Waals surface area contributed by atoms with Gasteiger partial charge in [-0.1, -0.05) is 17.7 Å². The monoisotopic (exact) mass is 355 g/mol. The van der Waals surface area contributed by atoms with Gasteiger partial charge in [0.05, 0.1) is 0 Å². The zero-order valence-corrected chi connectivity index (χ0v) is 12.5. The summed E-state index contributed by atoms with van der Waals surface area (Å²) < 4.78 is 54.6. The average Bonchev–Trinajstić information content (AvgIpc) is 2.40. The maximum atomic E-state index is 13.3. The van der Waals surface area contributed by atoms with Crippen LogP contribution >= 0.6 is 24.0 Å². The van der Waals surface area contributed by atoms with E-state index < -0.39 is 17.9 Å². The molecule has 22 heavy (non-hydrogen) atoms. The van der Waals surface area contributed by atoms with Gasteiger partial charge in [-0.2, -0.15) is 0 Å². The van der Waals surface area contributed by atoms with E-state index in [1.165, 1.54) is 18.2 Å². The van der Waals surface area contributed by atoms with Crippen LogP contribution < -0.4 is 10.5 Å². The van der Waals surface area contributed by atoms with Crippen LogP contribution in [0.1, 0.15) is 5.56 Å². The Hall–Kier alpha value is -1.50. The van der Waals surface area contributed by atoms with Crippen molar-refractivity contribution < 1.29 is 22.3 Å². The number of rotatable bonds is 3. The predicted octanol–water partition coefficient (Wildman–Crippen LogP) is 4.93. The number of hydrogen-bond acceptors (Lipinski definition) is 2. The van der Waals surface area contributed by atoms with Gasteiger partial charge in [-0.25, -0.2) is 4.39 Å². The third-order valence-corrected chi connectivity index (χ3v) is 3.05. The third kappa shape index (κ3) is 4.50. The molecular weight excluding hydrogens is 345 g/mol. The standard InChI is InChI=1S/C14H10ClF4NO.ClH/c15-12-3-2-9(16)6-10(12)11-5-8(7-20)1-4-13(11)21-14(17,18)19;/h1-6H,7,20H2;1H. The molecule has 2 aromatic rings. The second kappa shape index (κ2) is 7.17. The molecule has 2 rings (SSSR count). The van der Waals surface area contributed by atoms with Gasteiger partial charge in [0.1, 0.15) is 11.6 Å². The topological polar surface area (TPSA) is 35.2 Å². The molecule has 0 saturated carbocycles. The zero-order valence-electron chi connectivity index (χ0n) is 11.0. The first kappa shape index (κ1) is 18.5. The molecule has 0 aliphatic heterocycles. The summed E-state index contributed by atoms with van der Waals surface area (Å²) in [5.74, 6) is -1.09. The summed E-state index contributed by atoms with van der Waals surface area (Å²) in [6.07, 6.45) is -4.86. The molecule has 0 bridgehead atoms. The number of halogens is 6. The lowest BCUT2D eigenvalue weighted by molar-refractivity contribution is -0.274. The van der Waals surface area contributed by atoms with Gasteiger partial charge in [-0.15, -0.1) is 25.6 Å². The Labute approximate surface area is 135 Å². The van der Waals surface area contributed by atoms with Gasteiger partial charge in [0.2, 0.25) is 0 Å². The Morgan fingerprint density at radius 3 is 2.32 bits per heavy atom. The van der Waals surface area contributed by atoms with Crippen LogP contribution in [-0.4, -0.2) is 6.36 Å². The number of ether oxygens (including phenoxy) is 1. The molecule has 0 atom stereocenters. The minimum absolute atomic E-state index is 0. The van der Waals surface area contributed by atoms with Crippen molar-refractivity contribution in [3.63, 3.8) is 0 Å². The predicted molar refractivity (Wildman–Crippen MR) is 78.7 cm³/mol. The Morgan fingerprint density at radius 2 is 1.73 bits per heavy atom. The number of alkyl halides is 3. The van der Waals surface area contributed by atoms with E-state index in [9.17, 15) is 17.6 Å². The summed E-state index contributed by atoms with van der Waals surface area (Å²) in [6.45, 7) is 0.117. The van der Waals surface area contributed by atoms with Crippen LogP contribution in [0.2, 0.25) is 5.02 Å². The van der Waals surface area contributed by atoms with E-state index in [4.69, 9.17) is 17.3 Å². The van der Waals surface area contributed by atoms with Gasteiger partial charge in [0.15, 0.2) is 0 Å². The van der Waals surface area contributed by atoms with Crippen molar-refractivity contribution in [2.75, 3.05) is 0 Å². The van der Waals surface area contributed by atoms with Gasteiger partial charge < -0.3 is 10.5 Å². The van der Waals surface area contributed by atoms with E-state index in [0.717, 1.165) is 18.2 Å². The summed E-state index contributed by atoms with van der Waals surface area (Å²) in [4.78, 5) is 0. The molecule has 0 amide bonds. The first-order valence-corrected chi connectivity index (χ1v) is 6.22. The molecule has 120 valence electrons. The van der Waals surface area contributed by atoms with Crippen molar-refractivity contribution in [2.24, 2.45) is 5.73 Å². The molecule has 0 aromatic heterocycles. The Balaban J connectivity index is 0.00000242. The Kier molecular flexibility index (Phi) is 6.05. The lowest BCUT2D eigenvalue weighted by Gasteiger charge is -2.15. The summed E-state index contributed by atoms with van der Waals surface area (Å²) in [5.41, 5.74) is 6.17. The van der Waals surface area contributed by atoms with E-state index in [-0.39, 0.29) is 35.1 Å². The molecule has 0 saturated heterocycles. The molecule has 2 N–H and O–H groups in total. The van der Waals surface area contributed by atoms with E-state index in [1.807, 2.05) is 0 Å². The second-order valence-electron chi connectivity index (χ2n) is 4.21. The fourth-order valence-corrected chi connectivity index (χ4v) is 2.05. The van der Waals surface area contributed by atoms with Crippen molar-refractivity contribution in [1.82, 2.24) is 0 Å². The molecule has 8 heteroatoms. The molecule has 0 heterocycles. The molecule has 0 unspecified atom stereocenters. The maximum Gasteiger partial charge on any atom is 0.573 e. The average molecular weight is 356 g/mol. The van der Waals surface area contributed by atoms with Crippen LogP contribution in [0.5, 0.6) is 5.75 Å². The SMILES string of the molecule is Cl.NCc1ccc(OC(F)(F)F)c(-c2cc(F)ccc2Cl)c1. The molecule has 2 aromatic carbocycles. The molecule has 0 aliphatic carbocycles. The van der Waals surface area contributed by atoms with E-state index >= 15 is 0 Å². The highest BCUT2D eigenvalue weighted by atomic mass is 35.5. The highest BCUT2D eigenvalue weighted by Gasteiger charge is 2.32. The molecular formula is C14H11Cl2F4NO. The lowest BCUT2D eigenvalue weighted by atomic mass is 10.0. The fraction of sp³-hybridized carbons (Fsp3) is 0.143. The second-order valence-corrected chi connectivity index (χ2v) is 4.61. The summed E-state index contributed by atoms with van der Waals surface area (Å²) in [5, 5.41) is 0.109. The molecule has 0 radical (unpaired) electrons. The third-order valence-electron chi connectivity index (χ3n) is 2.72.